The van der Waals surface area contributed by atoms with Crippen molar-refractivity contribution in [3.05, 3.63) is 76.3 Å². The summed E-state index contributed by atoms with van der Waals surface area (Å²) >= 11 is 0. The van der Waals surface area contributed by atoms with E-state index >= 15 is 0 Å². The number of H-pyrrole nitrogens is 1. The molecule has 0 aliphatic rings. The summed E-state index contributed by atoms with van der Waals surface area (Å²) < 4.78 is 0. The second kappa shape index (κ2) is 11.0. The van der Waals surface area contributed by atoms with Crippen LogP contribution in [0, 0.1) is 0 Å². The Balaban J connectivity index is 0.000000428. The summed E-state index contributed by atoms with van der Waals surface area (Å²) in [6.45, 7) is 25.6. The van der Waals surface area contributed by atoms with Crippen LogP contribution in [-0.4, -0.2) is 31.6 Å². The van der Waals surface area contributed by atoms with Crippen molar-refractivity contribution in [1.82, 2.24) is 15.4 Å². The van der Waals surface area contributed by atoms with E-state index in [2.05, 4.69) is 95.9 Å². The van der Waals surface area contributed by atoms with Gasteiger partial charge in [-0.3, -0.25) is 0 Å². The molecule has 4 aromatic rings. The number of hydrogen-bond acceptors (Lipinski definition) is 4. The van der Waals surface area contributed by atoms with Crippen molar-refractivity contribution in [3.63, 3.8) is 0 Å². The van der Waals surface area contributed by atoms with Gasteiger partial charge in [0.15, 0.2) is 0 Å². The number of fused-ring (bicyclic) bond motifs is 1. The number of rotatable bonds is 2. The van der Waals surface area contributed by atoms with Gasteiger partial charge in [-0.15, -0.1) is 0 Å². The van der Waals surface area contributed by atoms with Gasteiger partial charge in [-0.25, -0.2) is 4.79 Å². The topological polar surface area (TPSA) is 99.1 Å². The minimum atomic E-state index is -1.11. The van der Waals surface area contributed by atoms with Crippen molar-refractivity contribution in [2.45, 2.75) is 105 Å². The predicted molar refractivity (Wildman–Crippen MR) is 169 cm³/mol. The number of carboxylic acid groups (broad SMARTS) is 1. The molecule has 6 heteroatoms. The Kier molecular flexibility index (Phi) is 8.51. The lowest BCUT2D eigenvalue weighted by Crippen LogP contribution is -2.23. The quantitative estimate of drug-likeness (QED) is 0.228. The van der Waals surface area contributed by atoms with Gasteiger partial charge in [0.2, 0.25) is 0 Å². The zero-order chi connectivity index (χ0) is 31.1. The number of aromatic hydroxyl groups is 1. The highest BCUT2D eigenvalue weighted by molar-refractivity contribution is 5.95. The maximum Gasteiger partial charge on any atom is 0.339 e. The van der Waals surface area contributed by atoms with E-state index in [1.807, 2.05) is 45.0 Å². The second-order valence-electron chi connectivity index (χ2n) is 14.9. The third-order valence-electron chi connectivity index (χ3n) is 7.27. The molecule has 0 amide bonds. The van der Waals surface area contributed by atoms with Crippen molar-refractivity contribution in [3.8, 4) is 16.9 Å². The lowest BCUT2D eigenvalue weighted by atomic mass is 9.69. The summed E-state index contributed by atoms with van der Waals surface area (Å²) in [5.74, 6) is -1.24. The SMILES string of the molecule is CC(C)(C)c1ccc(-c2c(C(C)(C)C)cc(C(=O)O)c(O)c2C(C)(C)C)c(C(C)(C)C)c1.c1ccc2n[nH]nc2c1. The van der Waals surface area contributed by atoms with Crippen LogP contribution in [0.25, 0.3) is 22.2 Å². The Bertz CT molecular complexity index is 1520. The number of nitrogens with one attached hydrogen (secondary N) is 1. The monoisotopic (exact) mass is 557 g/mol. The van der Waals surface area contributed by atoms with Crippen LogP contribution in [0.1, 0.15) is 116 Å². The van der Waals surface area contributed by atoms with Gasteiger partial charge >= 0.3 is 5.97 Å². The number of carbonyl (C=O) groups is 1. The lowest BCUT2D eigenvalue weighted by molar-refractivity contribution is 0.0693. The summed E-state index contributed by atoms with van der Waals surface area (Å²) in [7, 11) is 0. The number of carboxylic acids is 1. The highest BCUT2D eigenvalue weighted by Crippen LogP contribution is 2.49. The molecule has 6 nitrogen and oxygen atoms in total. The highest BCUT2D eigenvalue weighted by atomic mass is 16.4. The minimum absolute atomic E-state index is 0.00749. The molecule has 1 aromatic heterocycles. The van der Waals surface area contributed by atoms with Gasteiger partial charge in [-0.1, -0.05) is 113 Å². The normalized spacial score (nSPS) is 12.7. The first kappa shape index (κ1) is 31.9. The van der Waals surface area contributed by atoms with E-state index in [0.717, 1.165) is 27.7 Å². The largest absolute Gasteiger partial charge is 0.507 e. The van der Waals surface area contributed by atoms with E-state index in [0.29, 0.717) is 5.56 Å². The standard InChI is InChI=1S/C29H42O3.C6H5N3/c1-26(2,3)17-13-14-18(20(15-17)27(4,5)6)22-21(28(7,8)9)16-19(25(31)32)24(30)23(22)29(10,11)12;1-2-4-6-5(3-1)7-9-8-6/h13-16,30H,1-12H3,(H,31,32);1-4H,(H,7,8,9). The zero-order valence-electron chi connectivity index (χ0n) is 26.8. The van der Waals surface area contributed by atoms with Crippen LogP contribution in [-0.2, 0) is 21.7 Å². The van der Waals surface area contributed by atoms with Crippen molar-refractivity contribution in [1.29, 1.82) is 0 Å². The van der Waals surface area contributed by atoms with E-state index in [4.69, 9.17) is 0 Å². The summed E-state index contributed by atoms with van der Waals surface area (Å²) in [5, 5.41) is 31.4. The molecular weight excluding hydrogens is 510 g/mol. The maximum atomic E-state index is 12.0. The van der Waals surface area contributed by atoms with Gasteiger partial charge in [0, 0.05) is 5.56 Å². The third-order valence-corrected chi connectivity index (χ3v) is 7.27. The predicted octanol–water partition coefficient (Wildman–Crippen LogP) is 8.91. The first-order valence-electron chi connectivity index (χ1n) is 14.2. The van der Waals surface area contributed by atoms with Gasteiger partial charge in [0.25, 0.3) is 0 Å². The molecule has 0 unspecified atom stereocenters. The van der Waals surface area contributed by atoms with Gasteiger partial charge < -0.3 is 10.2 Å². The number of aromatic carboxylic acids is 1. The zero-order valence-corrected chi connectivity index (χ0v) is 26.8. The number of hydrogen-bond donors (Lipinski definition) is 3. The fourth-order valence-corrected chi connectivity index (χ4v) is 5.07. The summed E-state index contributed by atoms with van der Waals surface area (Å²) in [5.41, 5.74) is 7.00. The highest BCUT2D eigenvalue weighted by Gasteiger charge is 2.35. The summed E-state index contributed by atoms with van der Waals surface area (Å²) in [4.78, 5) is 12.0. The fourth-order valence-electron chi connectivity index (χ4n) is 5.07. The Labute approximate surface area is 245 Å². The van der Waals surface area contributed by atoms with E-state index in [1.165, 1.54) is 11.1 Å². The molecule has 3 N–H and O–H groups in total. The van der Waals surface area contributed by atoms with Gasteiger partial charge in [-0.05, 0) is 67.7 Å². The number of aromatic amines is 1. The molecule has 0 aliphatic heterocycles. The third kappa shape index (κ3) is 6.98. The van der Waals surface area contributed by atoms with Gasteiger partial charge in [0.05, 0.1) is 0 Å². The number of nitrogens with zero attached hydrogens (tertiary/aromatic N) is 2. The first-order valence-corrected chi connectivity index (χ1v) is 14.2. The molecule has 41 heavy (non-hydrogen) atoms. The van der Waals surface area contributed by atoms with Gasteiger partial charge in [-0.2, -0.15) is 15.4 Å². The summed E-state index contributed by atoms with van der Waals surface area (Å²) in [6, 6.07) is 16.0. The van der Waals surface area contributed by atoms with Crippen LogP contribution >= 0.6 is 0 Å². The average molecular weight is 558 g/mol. The Hall–Kier alpha value is -3.67. The average Bonchev–Trinajstić information content (AvgIpc) is 3.30. The molecule has 0 saturated carbocycles. The molecule has 0 spiro atoms. The van der Waals surface area contributed by atoms with Crippen LogP contribution in [0.2, 0.25) is 0 Å². The summed E-state index contributed by atoms with van der Waals surface area (Å²) in [6.07, 6.45) is 0. The van der Waals surface area contributed by atoms with E-state index in [-0.39, 0.29) is 27.6 Å². The molecule has 0 fully saturated rings. The Morgan fingerprint density at radius 1 is 0.683 bits per heavy atom. The van der Waals surface area contributed by atoms with Crippen LogP contribution in [0.4, 0.5) is 0 Å². The number of benzene rings is 3. The molecule has 4 rings (SSSR count). The van der Waals surface area contributed by atoms with Crippen molar-refractivity contribution >= 4 is 17.0 Å². The molecule has 1 heterocycles. The van der Waals surface area contributed by atoms with Crippen molar-refractivity contribution in [2.75, 3.05) is 0 Å². The second-order valence-corrected chi connectivity index (χ2v) is 14.9. The smallest absolute Gasteiger partial charge is 0.339 e. The minimum Gasteiger partial charge on any atom is -0.507 e. The van der Waals surface area contributed by atoms with Crippen LogP contribution in [0.3, 0.4) is 0 Å². The molecule has 3 aromatic carbocycles. The molecule has 0 aliphatic carbocycles. The Morgan fingerprint density at radius 3 is 1.61 bits per heavy atom. The van der Waals surface area contributed by atoms with Crippen LogP contribution in [0.5, 0.6) is 5.75 Å². The van der Waals surface area contributed by atoms with E-state index in [1.54, 1.807) is 6.07 Å². The molecule has 0 bridgehead atoms. The van der Waals surface area contributed by atoms with Crippen LogP contribution < -0.4 is 0 Å². The molecule has 220 valence electrons. The number of aromatic nitrogens is 3. The number of phenols is 1. The molecule has 0 saturated heterocycles. The van der Waals surface area contributed by atoms with E-state index in [9.17, 15) is 15.0 Å². The Morgan fingerprint density at radius 2 is 1.20 bits per heavy atom. The lowest BCUT2D eigenvalue weighted by Gasteiger charge is -2.35. The molecular formula is C35H47N3O3. The van der Waals surface area contributed by atoms with Crippen LogP contribution in [0.15, 0.2) is 48.5 Å². The maximum absolute atomic E-state index is 12.0. The molecule has 0 atom stereocenters. The number of para-hydroxylation sites is 2. The van der Waals surface area contributed by atoms with Gasteiger partial charge in [0.1, 0.15) is 22.3 Å². The van der Waals surface area contributed by atoms with E-state index < -0.39 is 11.4 Å². The van der Waals surface area contributed by atoms with Crippen molar-refractivity contribution in [2.24, 2.45) is 0 Å². The first-order chi connectivity index (χ1) is 18.6. The molecule has 0 radical (unpaired) electrons. The van der Waals surface area contributed by atoms with Crippen molar-refractivity contribution < 1.29 is 15.0 Å². The fraction of sp³-hybridized carbons (Fsp3) is 0.457.